The van der Waals surface area contributed by atoms with Crippen molar-refractivity contribution in [1.29, 1.82) is 0 Å². The molecule has 154 valence electrons. The zero-order valence-corrected chi connectivity index (χ0v) is 16.8. The molecule has 2 aromatic rings. The van der Waals surface area contributed by atoms with Gasteiger partial charge in [0.2, 0.25) is 5.91 Å². The van der Waals surface area contributed by atoms with Gasteiger partial charge in [-0.2, -0.15) is 5.10 Å². The molecule has 1 fully saturated rings. The Kier molecular flexibility index (Phi) is 5.65. The third-order valence-corrected chi connectivity index (χ3v) is 6.02. The Morgan fingerprint density at radius 2 is 1.86 bits per heavy atom. The summed E-state index contributed by atoms with van der Waals surface area (Å²) in [5.41, 5.74) is 2.49. The van der Waals surface area contributed by atoms with Crippen molar-refractivity contribution in [3.05, 3.63) is 53.1 Å². The van der Waals surface area contributed by atoms with Crippen molar-refractivity contribution in [2.45, 2.75) is 45.1 Å². The zero-order valence-electron chi connectivity index (χ0n) is 16.8. The van der Waals surface area contributed by atoms with Crippen LogP contribution < -0.4 is 0 Å². The highest BCUT2D eigenvalue weighted by atomic mass is 19.1. The summed E-state index contributed by atoms with van der Waals surface area (Å²) in [6.07, 6.45) is 2.91. The van der Waals surface area contributed by atoms with Crippen molar-refractivity contribution in [2.75, 3.05) is 26.2 Å². The predicted molar refractivity (Wildman–Crippen MR) is 107 cm³/mol. The van der Waals surface area contributed by atoms with Crippen LogP contribution in [0.1, 0.15) is 53.8 Å². The van der Waals surface area contributed by atoms with Crippen LogP contribution in [0.2, 0.25) is 0 Å². The van der Waals surface area contributed by atoms with Crippen molar-refractivity contribution in [3.8, 4) is 0 Å². The molecular weight excluding hydrogens is 371 g/mol. The standard InChI is InChI=1S/C22H27FN4O2/c1-2-25-10-3-11-27-20(22(25)29)15-19(24-27)17-8-12-26(13-9-17)21(28)14-16-4-6-18(23)7-5-16/h4-7,15,17H,2-3,8-14H2,1H3. The van der Waals surface area contributed by atoms with Gasteiger partial charge in [0.05, 0.1) is 12.1 Å². The largest absolute Gasteiger partial charge is 0.342 e. The first kappa shape index (κ1) is 19.6. The smallest absolute Gasteiger partial charge is 0.272 e. The van der Waals surface area contributed by atoms with E-state index in [1.54, 1.807) is 12.1 Å². The number of rotatable bonds is 4. The molecule has 4 rings (SSSR count). The summed E-state index contributed by atoms with van der Waals surface area (Å²) in [6, 6.07) is 8.05. The van der Waals surface area contributed by atoms with Gasteiger partial charge in [-0.05, 0) is 49.9 Å². The average molecular weight is 398 g/mol. The molecule has 1 aromatic heterocycles. The molecule has 2 amide bonds. The van der Waals surface area contributed by atoms with Crippen molar-refractivity contribution in [3.63, 3.8) is 0 Å². The minimum absolute atomic E-state index is 0.0654. The molecule has 0 bridgehead atoms. The number of hydrogen-bond donors (Lipinski definition) is 0. The second-order valence-corrected chi connectivity index (χ2v) is 7.87. The number of nitrogens with zero attached hydrogens (tertiary/aromatic N) is 4. The summed E-state index contributed by atoms with van der Waals surface area (Å²) in [5.74, 6) is 0.119. The quantitative estimate of drug-likeness (QED) is 0.796. The second-order valence-electron chi connectivity index (χ2n) is 7.87. The zero-order chi connectivity index (χ0) is 20.4. The van der Waals surface area contributed by atoms with Gasteiger partial charge in [-0.3, -0.25) is 14.3 Å². The molecule has 29 heavy (non-hydrogen) atoms. The van der Waals surface area contributed by atoms with E-state index in [1.165, 1.54) is 12.1 Å². The maximum atomic E-state index is 13.0. The van der Waals surface area contributed by atoms with E-state index in [1.807, 2.05) is 27.5 Å². The Balaban J connectivity index is 1.37. The van der Waals surface area contributed by atoms with E-state index in [-0.39, 0.29) is 23.5 Å². The number of aryl methyl sites for hydroxylation is 1. The summed E-state index contributed by atoms with van der Waals surface area (Å²) in [5, 5.41) is 4.73. The Hall–Kier alpha value is -2.70. The fraction of sp³-hybridized carbons (Fsp3) is 0.500. The Morgan fingerprint density at radius 1 is 1.14 bits per heavy atom. The number of halogens is 1. The van der Waals surface area contributed by atoms with Gasteiger partial charge < -0.3 is 9.80 Å². The van der Waals surface area contributed by atoms with Gasteiger partial charge in [-0.15, -0.1) is 0 Å². The lowest BCUT2D eigenvalue weighted by Gasteiger charge is -2.31. The molecule has 0 atom stereocenters. The summed E-state index contributed by atoms with van der Waals surface area (Å²) < 4.78 is 14.9. The lowest BCUT2D eigenvalue weighted by atomic mass is 9.93. The van der Waals surface area contributed by atoms with Crippen LogP contribution in [0, 0.1) is 5.82 Å². The van der Waals surface area contributed by atoms with Crippen molar-refractivity contribution in [1.82, 2.24) is 19.6 Å². The van der Waals surface area contributed by atoms with Gasteiger partial charge in [-0.25, -0.2) is 4.39 Å². The lowest BCUT2D eigenvalue weighted by molar-refractivity contribution is -0.131. The topological polar surface area (TPSA) is 58.4 Å². The monoisotopic (exact) mass is 398 g/mol. The maximum Gasteiger partial charge on any atom is 0.272 e. The minimum Gasteiger partial charge on any atom is -0.342 e. The third-order valence-electron chi connectivity index (χ3n) is 6.02. The summed E-state index contributed by atoms with van der Waals surface area (Å²) in [6.45, 7) is 5.64. The molecule has 0 unspecified atom stereocenters. The molecule has 0 N–H and O–H groups in total. The maximum absolute atomic E-state index is 13.0. The Labute approximate surface area is 170 Å². The van der Waals surface area contributed by atoms with Crippen LogP contribution in [0.4, 0.5) is 4.39 Å². The number of amides is 2. The van der Waals surface area contributed by atoms with Gasteiger partial charge >= 0.3 is 0 Å². The summed E-state index contributed by atoms with van der Waals surface area (Å²) >= 11 is 0. The molecule has 0 saturated carbocycles. The van der Waals surface area contributed by atoms with Gasteiger partial charge in [0, 0.05) is 38.6 Å². The molecule has 1 saturated heterocycles. The molecule has 0 aliphatic carbocycles. The molecule has 2 aliphatic heterocycles. The van der Waals surface area contributed by atoms with Gasteiger partial charge in [0.15, 0.2) is 0 Å². The van der Waals surface area contributed by atoms with Crippen LogP contribution in [0.5, 0.6) is 0 Å². The van der Waals surface area contributed by atoms with Crippen molar-refractivity contribution < 1.29 is 14.0 Å². The number of benzene rings is 1. The van der Waals surface area contributed by atoms with Gasteiger partial charge in [-0.1, -0.05) is 12.1 Å². The van der Waals surface area contributed by atoms with Crippen LogP contribution in [0.15, 0.2) is 30.3 Å². The van der Waals surface area contributed by atoms with Crippen LogP contribution in [0.25, 0.3) is 0 Å². The van der Waals surface area contributed by atoms with Crippen LogP contribution in [-0.4, -0.2) is 57.6 Å². The summed E-state index contributed by atoms with van der Waals surface area (Å²) in [4.78, 5) is 29.0. The minimum atomic E-state index is -0.291. The van der Waals surface area contributed by atoms with E-state index in [2.05, 4.69) is 0 Å². The molecule has 3 heterocycles. The highest BCUT2D eigenvalue weighted by Crippen LogP contribution is 2.29. The fourth-order valence-corrected chi connectivity index (χ4v) is 4.27. The Morgan fingerprint density at radius 3 is 2.55 bits per heavy atom. The number of likely N-dealkylation sites (tertiary alicyclic amines) is 1. The number of piperidine rings is 1. The molecule has 0 radical (unpaired) electrons. The first-order valence-corrected chi connectivity index (χ1v) is 10.4. The first-order valence-electron chi connectivity index (χ1n) is 10.4. The van der Waals surface area contributed by atoms with E-state index in [0.29, 0.717) is 31.7 Å². The van der Waals surface area contributed by atoms with Crippen LogP contribution in [-0.2, 0) is 17.8 Å². The van der Waals surface area contributed by atoms with E-state index in [9.17, 15) is 14.0 Å². The van der Waals surface area contributed by atoms with E-state index >= 15 is 0 Å². The van der Waals surface area contributed by atoms with Gasteiger partial charge in [0.25, 0.3) is 5.91 Å². The average Bonchev–Trinajstić information content (AvgIpc) is 3.10. The molecular formula is C22H27FN4O2. The second kappa shape index (κ2) is 8.35. The number of carbonyl (C=O) groups excluding carboxylic acids is 2. The van der Waals surface area contributed by atoms with Crippen molar-refractivity contribution >= 4 is 11.8 Å². The molecule has 1 aromatic carbocycles. The lowest BCUT2D eigenvalue weighted by Crippen LogP contribution is -2.38. The molecule has 0 spiro atoms. The predicted octanol–water partition coefficient (Wildman–Crippen LogP) is 2.84. The highest BCUT2D eigenvalue weighted by Gasteiger charge is 2.29. The fourth-order valence-electron chi connectivity index (χ4n) is 4.27. The normalized spacial score (nSPS) is 17.9. The number of carbonyl (C=O) groups is 2. The summed E-state index contributed by atoms with van der Waals surface area (Å²) in [7, 11) is 0. The van der Waals surface area contributed by atoms with E-state index in [4.69, 9.17) is 5.10 Å². The molecule has 6 nitrogen and oxygen atoms in total. The SMILES string of the molecule is CCN1CCCn2nc(C3CCN(C(=O)Cc4ccc(F)cc4)CC3)cc2C1=O. The van der Waals surface area contributed by atoms with E-state index in [0.717, 1.165) is 43.6 Å². The first-order chi connectivity index (χ1) is 14.0. The highest BCUT2D eigenvalue weighted by molar-refractivity contribution is 5.93. The number of aromatic nitrogens is 2. The molecule has 7 heteroatoms. The third kappa shape index (κ3) is 4.18. The Bertz CT molecular complexity index is 885. The van der Waals surface area contributed by atoms with E-state index < -0.39 is 0 Å². The number of fused-ring (bicyclic) bond motifs is 1. The van der Waals surface area contributed by atoms with Crippen molar-refractivity contribution in [2.24, 2.45) is 0 Å². The molecule has 2 aliphatic rings. The van der Waals surface area contributed by atoms with Gasteiger partial charge in [0.1, 0.15) is 11.5 Å². The number of hydrogen-bond acceptors (Lipinski definition) is 3. The van der Waals surface area contributed by atoms with Crippen LogP contribution >= 0.6 is 0 Å². The van der Waals surface area contributed by atoms with Crippen LogP contribution in [0.3, 0.4) is 0 Å².